The third-order valence-electron chi connectivity index (χ3n) is 4.46. The molecule has 0 spiro atoms. The number of hydrogen-bond acceptors (Lipinski definition) is 2. The minimum absolute atomic E-state index is 0.118. The van der Waals surface area contributed by atoms with Crippen molar-refractivity contribution in [2.24, 2.45) is 0 Å². The molecule has 1 fully saturated rings. The third-order valence-corrected chi connectivity index (χ3v) is 4.46. The Balaban J connectivity index is 2.09. The van der Waals surface area contributed by atoms with Crippen molar-refractivity contribution in [1.82, 2.24) is 0 Å². The molecule has 0 amide bonds. The maximum atomic E-state index is 12.7. The van der Waals surface area contributed by atoms with Crippen LogP contribution in [0.2, 0.25) is 0 Å². The number of carbonyl (C=O) groups is 1. The summed E-state index contributed by atoms with van der Waals surface area (Å²) in [6.45, 7) is 0. The van der Waals surface area contributed by atoms with Gasteiger partial charge in [-0.25, -0.2) is 0 Å². The van der Waals surface area contributed by atoms with Gasteiger partial charge in [-0.1, -0.05) is 25.3 Å². The summed E-state index contributed by atoms with van der Waals surface area (Å²) >= 11 is 0. The number of benzene rings is 1. The van der Waals surface area contributed by atoms with Crippen LogP contribution in [0.3, 0.4) is 0 Å². The third kappa shape index (κ3) is 2.36. The summed E-state index contributed by atoms with van der Waals surface area (Å²) in [5.74, 6) is -1.97. The zero-order valence-corrected chi connectivity index (χ0v) is 11.7. The Morgan fingerprint density at radius 2 is 1.82 bits per heavy atom. The predicted octanol–water partition coefficient (Wildman–Crippen LogP) is 4.74. The quantitative estimate of drug-likeness (QED) is 0.871. The molecular weight excluding hydrogens is 297 g/mol. The summed E-state index contributed by atoms with van der Waals surface area (Å²) in [4.78, 5) is 11.8. The van der Waals surface area contributed by atoms with Crippen molar-refractivity contribution in [2.45, 2.75) is 43.7 Å². The first kappa shape index (κ1) is 14.9. The zero-order valence-electron chi connectivity index (χ0n) is 11.7. The highest BCUT2D eigenvalue weighted by molar-refractivity contribution is 5.85. The van der Waals surface area contributed by atoms with E-state index in [2.05, 4.69) is 0 Å². The summed E-state index contributed by atoms with van der Waals surface area (Å²) in [6, 6.07) is 5.45. The van der Waals surface area contributed by atoms with Crippen LogP contribution in [-0.4, -0.2) is 11.1 Å². The molecule has 1 aliphatic carbocycles. The van der Waals surface area contributed by atoms with E-state index in [-0.39, 0.29) is 11.0 Å². The van der Waals surface area contributed by atoms with E-state index in [1.165, 1.54) is 12.1 Å². The van der Waals surface area contributed by atoms with E-state index in [1.54, 1.807) is 6.07 Å². The molecule has 3 rings (SSSR count). The van der Waals surface area contributed by atoms with Gasteiger partial charge in [-0.3, -0.25) is 4.79 Å². The molecule has 0 radical (unpaired) electrons. The monoisotopic (exact) mass is 312 g/mol. The van der Waals surface area contributed by atoms with Gasteiger partial charge in [0.1, 0.15) is 5.58 Å². The van der Waals surface area contributed by atoms with Crippen LogP contribution in [0, 0.1) is 0 Å². The summed E-state index contributed by atoms with van der Waals surface area (Å²) in [5, 5.41) is 9.93. The van der Waals surface area contributed by atoms with Crippen molar-refractivity contribution in [3.63, 3.8) is 0 Å². The molecule has 0 bridgehead atoms. The molecule has 0 atom stereocenters. The lowest BCUT2D eigenvalue weighted by Gasteiger charge is -2.33. The van der Waals surface area contributed by atoms with Gasteiger partial charge in [0.15, 0.2) is 0 Å². The lowest BCUT2D eigenvalue weighted by molar-refractivity contribution is -0.152. The highest BCUT2D eigenvalue weighted by Crippen LogP contribution is 2.42. The first-order valence-electron chi connectivity index (χ1n) is 7.18. The number of fused-ring (bicyclic) bond motifs is 1. The first-order valence-corrected chi connectivity index (χ1v) is 7.18. The number of carboxylic acids is 1. The fraction of sp³-hybridized carbons (Fsp3) is 0.438. The van der Waals surface area contributed by atoms with Gasteiger partial charge in [0, 0.05) is 5.39 Å². The van der Waals surface area contributed by atoms with Crippen LogP contribution in [0.25, 0.3) is 11.0 Å². The van der Waals surface area contributed by atoms with Crippen molar-refractivity contribution in [1.29, 1.82) is 0 Å². The zero-order chi connectivity index (χ0) is 16.0. The fourth-order valence-corrected chi connectivity index (χ4v) is 3.26. The Kier molecular flexibility index (Phi) is 3.42. The van der Waals surface area contributed by atoms with Gasteiger partial charge in [0.05, 0.1) is 5.41 Å². The van der Waals surface area contributed by atoms with Crippen LogP contribution in [0.4, 0.5) is 13.2 Å². The maximum Gasteiger partial charge on any atom is 0.449 e. The lowest BCUT2D eigenvalue weighted by Crippen LogP contribution is -2.37. The molecule has 1 heterocycles. The first-order chi connectivity index (χ1) is 10.3. The normalized spacial score (nSPS) is 18.5. The van der Waals surface area contributed by atoms with Crippen LogP contribution < -0.4 is 0 Å². The van der Waals surface area contributed by atoms with Gasteiger partial charge in [-0.15, -0.1) is 0 Å². The average molecular weight is 312 g/mol. The summed E-state index contributed by atoms with van der Waals surface area (Å²) in [5.41, 5.74) is -0.323. The average Bonchev–Trinajstić information content (AvgIpc) is 2.91. The summed E-state index contributed by atoms with van der Waals surface area (Å²) in [6.07, 6.45) is -0.918. The van der Waals surface area contributed by atoms with Crippen LogP contribution >= 0.6 is 0 Å². The largest absolute Gasteiger partial charge is 0.481 e. The van der Waals surface area contributed by atoms with E-state index in [0.29, 0.717) is 18.4 Å². The van der Waals surface area contributed by atoms with Gasteiger partial charge in [0.2, 0.25) is 5.76 Å². The second-order valence-corrected chi connectivity index (χ2v) is 5.81. The molecule has 22 heavy (non-hydrogen) atoms. The molecule has 2 aromatic rings. The molecule has 3 nitrogen and oxygen atoms in total. The van der Waals surface area contributed by atoms with Crippen LogP contribution in [-0.2, 0) is 16.4 Å². The minimum atomic E-state index is -4.55. The van der Waals surface area contributed by atoms with Gasteiger partial charge in [-0.2, -0.15) is 13.2 Å². The van der Waals surface area contributed by atoms with Gasteiger partial charge in [0.25, 0.3) is 0 Å². The Bertz CT molecular complexity index is 709. The number of hydrogen-bond donors (Lipinski definition) is 1. The molecule has 118 valence electrons. The molecule has 6 heteroatoms. The Morgan fingerprint density at radius 3 is 2.41 bits per heavy atom. The van der Waals surface area contributed by atoms with Gasteiger partial charge < -0.3 is 9.52 Å². The highest BCUT2D eigenvalue weighted by atomic mass is 19.4. The molecule has 0 saturated heterocycles. The highest BCUT2D eigenvalue weighted by Gasteiger charge is 2.42. The molecule has 1 aliphatic rings. The molecule has 1 N–H and O–H groups in total. The van der Waals surface area contributed by atoms with Crippen LogP contribution in [0.5, 0.6) is 0 Å². The van der Waals surface area contributed by atoms with E-state index >= 15 is 0 Å². The fourth-order valence-electron chi connectivity index (χ4n) is 3.26. The summed E-state index contributed by atoms with van der Waals surface area (Å²) < 4.78 is 42.9. The molecule has 0 aliphatic heterocycles. The number of alkyl halides is 3. The van der Waals surface area contributed by atoms with Crippen molar-refractivity contribution in [3.05, 3.63) is 35.6 Å². The standard InChI is InChI=1S/C16H15F3O3/c17-16(18,19)13-9-10-8-11(4-5-12(10)22-13)15(14(20)21)6-2-1-3-7-15/h4-5,8-9H,1-3,6-7H2,(H,20,21). The molecule has 1 saturated carbocycles. The Morgan fingerprint density at radius 1 is 1.14 bits per heavy atom. The topological polar surface area (TPSA) is 50.4 Å². The van der Waals surface area contributed by atoms with E-state index in [4.69, 9.17) is 4.42 Å². The second kappa shape index (κ2) is 5.04. The number of aliphatic carboxylic acids is 1. The SMILES string of the molecule is O=C(O)C1(c2ccc3oc(C(F)(F)F)cc3c2)CCCCC1. The molecule has 1 aromatic carbocycles. The molecule has 1 aromatic heterocycles. The van der Waals surface area contributed by atoms with E-state index in [0.717, 1.165) is 25.3 Å². The van der Waals surface area contributed by atoms with Crippen molar-refractivity contribution in [3.8, 4) is 0 Å². The van der Waals surface area contributed by atoms with E-state index in [1.807, 2.05) is 0 Å². The van der Waals surface area contributed by atoms with Crippen molar-refractivity contribution in [2.75, 3.05) is 0 Å². The predicted molar refractivity (Wildman–Crippen MR) is 73.6 cm³/mol. The smallest absolute Gasteiger partial charge is 0.449 e. The minimum Gasteiger partial charge on any atom is -0.481 e. The van der Waals surface area contributed by atoms with Crippen molar-refractivity contribution < 1.29 is 27.5 Å². The van der Waals surface area contributed by atoms with Gasteiger partial charge in [-0.05, 0) is 36.6 Å². The van der Waals surface area contributed by atoms with Crippen LogP contribution in [0.15, 0.2) is 28.7 Å². The molecule has 0 unspecified atom stereocenters. The van der Waals surface area contributed by atoms with E-state index < -0.39 is 23.3 Å². The Hall–Kier alpha value is -1.98. The number of furan rings is 1. The summed E-state index contributed by atoms with van der Waals surface area (Å²) in [7, 11) is 0. The lowest BCUT2D eigenvalue weighted by atomic mass is 9.69. The van der Waals surface area contributed by atoms with Gasteiger partial charge >= 0.3 is 12.1 Å². The second-order valence-electron chi connectivity index (χ2n) is 5.81. The number of halogens is 3. The maximum absolute atomic E-state index is 12.7. The van der Waals surface area contributed by atoms with Crippen molar-refractivity contribution >= 4 is 16.9 Å². The Labute approximate surface area is 124 Å². The number of rotatable bonds is 2. The molecular formula is C16H15F3O3. The van der Waals surface area contributed by atoms with E-state index in [9.17, 15) is 23.1 Å². The van der Waals surface area contributed by atoms with Crippen LogP contribution in [0.1, 0.15) is 43.4 Å². The number of carboxylic acid groups (broad SMARTS) is 1.